The molecule has 1 unspecified atom stereocenters. The van der Waals surface area contributed by atoms with Crippen molar-refractivity contribution in [1.29, 1.82) is 0 Å². The van der Waals surface area contributed by atoms with Crippen molar-refractivity contribution in [2.75, 3.05) is 6.54 Å². The van der Waals surface area contributed by atoms with E-state index in [1.165, 1.54) is 4.90 Å². The molecule has 0 bridgehead atoms. The van der Waals surface area contributed by atoms with Gasteiger partial charge in [0, 0.05) is 49.9 Å². The summed E-state index contributed by atoms with van der Waals surface area (Å²) in [5.41, 5.74) is 5.40. The van der Waals surface area contributed by atoms with Gasteiger partial charge in [-0.15, -0.1) is 0 Å². The fourth-order valence-corrected chi connectivity index (χ4v) is 5.62. The van der Waals surface area contributed by atoms with Gasteiger partial charge in [0.05, 0.1) is 18.1 Å². The van der Waals surface area contributed by atoms with Gasteiger partial charge in [-0.25, -0.2) is 4.98 Å². The van der Waals surface area contributed by atoms with E-state index in [0.29, 0.717) is 18.7 Å². The van der Waals surface area contributed by atoms with Crippen molar-refractivity contribution in [2.24, 2.45) is 13.0 Å². The molecule has 204 valence electrons. The molecule has 1 fully saturated rings. The predicted octanol–water partition coefficient (Wildman–Crippen LogP) is 2.65. The van der Waals surface area contributed by atoms with Crippen molar-refractivity contribution in [1.82, 2.24) is 24.7 Å². The maximum Gasteiger partial charge on any atom is 0.255 e. The van der Waals surface area contributed by atoms with Crippen LogP contribution < -0.4 is 5.32 Å². The van der Waals surface area contributed by atoms with Crippen molar-refractivity contribution in [2.45, 2.75) is 58.5 Å². The van der Waals surface area contributed by atoms with Crippen LogP contribution in [0.15, 0.2) is 54.9 Å². The fourth-order valence-electron chi connectivity index (χ4n) is 5.62. The number of hydrogen-bond acceptors (Lipinski definition) is 5. The van der Waals surface area contributed by atoms with Gasteiger partial charge in [-0.3, -0.25) is 14.4 Å². The number of imidazole rings is 1. The normalized spacial score (nSPS) is 19.5. The summed E-state index contributed by atoms with van der Waals surface area (Å²) in [6.45, 7) is 6.52. The van der Waals surface area contributed by atoms with E-state index >= 15 is 0 Å². The van der Waals surface area contributed by atoms with E-state index in [1.807, 2.05) is 74.9 Å². The number of nitrogens with zero attached hydrogens (tertiary/aromatic N) is 4. The molecule has 2 aliphatic rings. The van der Waals surface area contributed by atoms with Crippen LogP contribution in [0.2, 0.25) is 0 Å². The lowest BCUT2D eigenvalue weighted by molar-refractivity contribution is -0.143. The Labute approximate surface area is 228 Å². The summed E-state index contributed by atoms with van der Waals surface area (Å²) in [5.74, 6) is -0.970. The molecule has 3 atom stereocenters. The number of rotatable bonds is 7. The number of fused-ring (bicyclic) bond motifs is 1. The Morgan fingerprint density at radius 1 is 1.13 bits per heavy atom. The Bertz CT molecular complexity index is 1400. The first-order valence-electron chi connectivity index (χ1n) is 13.4. The van der Waals surface area contributed by atoms with Gasteiger partial charge in [0.25, 0.3) is 5.91 Å². The molecule has 1 saturated heterocycles. The van der Waals surface area contributed by atoms with Crippen LogP contribution in [0.25, 0.3) is 11.3 Å². The Hall–Kier alpha value is -3.98. The first kappa shape index (κ1) is 26.6. The maximum atomic E-state index is 13.8. The van der Waals surface area contributed by atoms with Gasteiger partial charge in [-0.2, -0.15) is 0 Å². The highest BCUT2D eigenvalue weighted by molar-refractivity contribution is 6.01. The van der Waals surface area contributed by atoms with Gasteiger partial charge in [0.2, 0.25) is 11.8 Å². The molecule has 3 aromatic rings. The molecular formula is C30H35N5O4. The number of likely N-dealkylation sites (tertiary alicyclic amines) is 1. The molecule has 2 N–H and O–H groups in total. The largest absolute Gasteiger partial charge is 0.391 e. The topological polar surface area (TPSA) is 108 Å². The number of carbonyl (C=O) groups excluding carboxylic acids is 3. The Kier molecular flexibility index (Phi) is 7.27. The SMILES string of the molecule is Cc1c(-c2ccc(CNC(=O)[C@@H]3C[C@@H](O)CN3C(=O)C(C(C)C)N3Cc4ccccc4C3=O)cc2)ncn1C. The molecule has 5 rings (SSSR count). The zero-order valence-electron chi connectivity index (χ0n) is 22.8. The van der Waals surface area contributed by atoms with Crippen molar-refractivity contribution in [3.05, 3.63) is 77.2 Å². The van der Waals surface area contributed by atoms with E-state index < -0.39 is 18.2 Å². The highest BCUT2D eigenvalue weighted by Gasteiger charge is 2.45. The highest BCUT2D eigenvalue weighted by Crippen LogP contribution is 2.30. The summed E-state index contributed by atoms with van der Waals surface area (Å²) >= 11 is 0. The van der Waals surface area contributed by atoms with Crippen molar-refractivity contribution >= 4 is 17.7 Å². The number of hydrogen-bond donors (Lipinski definition) is 2. The summed E-state index contributed by atoms with van der Waals surface area (Å²) < 4.78 is 1.97. The second kappa shape index (κ2) is 10.6. The first-order chi connectivity index (χ1) is 18.7. The molecule has 1 aromatic heterocycles. The van der Waals surface area contributed by atoms with Crippen LogP contribution in [0.3, 0.4) is 0 Å². The van der Waals surface area contributed by atoms with E-state index in [0.717, 1.165) is 28.1 Å². The molecule has 0 radical (unpaired) electrons. The molecule has 9 nitrogen and oxygen atoms in total. The van der Waals surface area contributed by atoms with Crippen LogP contribution in [0.1, 0.15) is 47.4 Å². The second-order valence-corrected chi connectivity index (χ2v) is 10.9. The van der Waals surface area contributed by atoms with Gasteiger partial charge < -0.3 is 24.8 Å². The molecule has 39 heavy (non-hydrogen) atoms. The predicted molar refractivity (Wildman–Crippen MR) is 146 cm³/mol. The molecule has 0 spiro atoms. The average Bonchev–Trinajstić information content (AvgIpc) is 3.58. The van der Waals surface area contributed by atoms with Crippen LogP contribution in [-0.4, -0.2) is 66.9 Å². The Balaban J connectivity index is 1.27. The first-order valence-corrected chi connectivity index (χ1v) is 13.4. The lowest BCUT2D eigenvalue weighted by atomic mass is 10.0. The number of carbonyl (C=O) groups is 3. The Morgan fingerprint density at radius 3 is 2.49 bits per heavy atom. The minimum Gasteiger partial charge on any atom is -0.391 e. The van der Waals surface area contributed by atoms with Crippen molar-refractivity contribution < 1.29 is 19.5 Å². The number of aliphatic hydroxyl groups excluding tert-OH is 1. The highest BCUT2D eigenvalue weighted by atomic mass is 16.3. The standard InChI is InChI=1S/C30H35N5O4/c1-18(2)27(35-15-22-7-5-6-8-24(22)29(35)38)30(39)34-16-23(36)13-25(34)28(37)31-14-20-9-11-21(12-10-20)26-19(3)33(4)17-32-26/h5-12,17-18,23,25,27,36H,13-16H2,1-4H3,(H,31,37)/t23-,25+,27?/m1/s1. The van der Waals surface area contributed by atoms with Crippen LogP contribution >= 0.6 is 0 Å². The minimum atomic E-state index is -0.802. The zero-order chi connectivity index (χ0) is 27.8. The van der Waals surface area contributed by atoms with Crippen molar-refractivity contribution in [3.8, 4) is 11.3 Å². The second-order valence-electron chi connectivity index (χ2n) is 10.9. The van der Waals surface area contributed by atoms with Crippen LogP contribution in [-0.2, 0) is 29.7 Å². The molecule has 0 saturated carbocycles. The monoisotopic (exact) mass is 529 g/mol. The minimum absolute atomic E-state index is 0.0627. The summed E-state index contributed by atoms with van der Waals surface area (Å²) in [7, 11) is 1.95. The van der Waals surface area contributed by atoms with Crippen LogP contribution in [0, 0.1) is 12.8 Å². The number of aryl methyl sites for hydroxylation is 1. The lowest BCUT2D eigenvalue weighted by Crippen LogP contribution is -2.55. The smallest absolute Gasteiger partial charge is 0.255 e. The van der Waals surface area contributed by atoms with Crippen molar-refractivity contribution in [3.63, 3.8) is 0 Å². The third-order valence-electron chi connectivity index (χ3n) is 7.86. The number of aromatic nitrogens is 2. The third kappa shape index (κ3) is 5.06. The zero-order valence-corrected chi connectivity index (χ0v) is 22.8. The molecule has 9 heteroatoms. The molecular weight excluding hydrogens is 494 g/mol. The quantitative estimate of drug-likeness (QED) is 0.489. The van der Waals surface area contributed by atoms with E-state index in [-0.39, 0.29) is 36.6 Å². The van der Waals surface area contributed by atoms with Gasteiger partial charge in [-0.1, -0.05) is 56.3 Å². The molecule has 2 aromatic carbocycles. The van der Waals surface area contributed by atoms with E-state index in [2.05, 4.69) is 10.3 Å². The van der Waals surface area contributed by atoms with Gasteiger partial charge in [0.1, 0.15) is 12.1 Å². The average molecular weight is 530 g/mol. The van der Waals surface area contributed by atoms with Crippen LogP contribution in [0.5, 0.6) is 0 Å². The fraction of sp³-hybridized carbons (Fsp3) is 0.400. The summed E-state index contributed by atoms with van der Waals surface area (Å²) in [6, 6.07) is 13.7. The molecule has 0 aliphatic carbocycles. The lowest BCUT2D eigenvalue weighted by Gasteiger charge is -2.35. The summed E-state index contributed by atoms with van der Waals surface area (Å²) in [4.78, 5) is 47.8. The third-order valence-corrected chi connectivity index (χ3v) is 7.86. The summed E-state index contributed by atoms with van der Waals surface area (Å²) in [6.07, 6.45) is 1.14. The van der Waals surface area contributed by atoms with E-state index in [9.17, 15) is 19.5 Å². The number of nitrogens with one attached hydrogen (secondary N) is 1. The van der Waals surface area contributed by atoms with Gasteiger partial charge in [-0.05, 0) is 30.0 Å². The molecule has 3 heterocycles. The summed E-state index contributed by atoms with van der Waals surface area (Å²) in [5, 5.41) is 13.4. The molecule has 2 aliphatic heterocycles. The van der Waals surface area contributed by atoms with Gasteiger partial charge >= 0.3 is 0 Å². The number of benzene rings is 2. The number of β-amino-alcohol motifs (C(OH)–C–C–N with tert-alkyl or cyclic N) is 1. The van der Waals surface area contributed by atoms with E-state index in [1.54, 1.807) is 17.3 Å². The van der Waals surface area contributed by atoms with Crippen LogP contribution in [0.4, 0.5) is 0 Å². The number of aliphatic hydroxyl groups is 1. The Morgan fingerprint density at radius 2 is 1.85 bits per heavy atom. The van der Waals surface area contributed by atoms with E-state index in [4.69, 9.17) is 0 Å². The molecule has 3 amide bonds. The number of amides is 3. The maximum absolute atomic E-state index is 13.8. The van der Waals surface area contributed by atoms with Gasteiger partial charge in [0.15, 0.2) is 0 Å².